The summed E-state index contributed by atoms with van der Waals surface area (Å²) in [5, 5.41) is 2.48. The fraction of sp³-hybridized carbons (Fsp3) is 0.300. The van der Waals surface area contributed by atoms with E-state index in [1.165, 1.54) is 6.92 Å². The Bertz CT molecular complexity index is 311. The summed E-state index contributed by atoms with van der Waals surface area (Å²) in [4.78, 5) is 25.2. The Kier molecular flexibility index (Phi) is 3.79. The maximum absolute atomic E-state index is 10.7. The van der Waals surface area contributed by atoms with Gasteiger partial charge < -0.3 is 5.32 Å². The fourth-order valence-corrected chi connectivity index (χ4v) is 1.10. The zero-order chi connectivity index (χ0) is 10.4. The highest BCUT2D eigenvalue weighted by Gasteiger charge is 2.10. The van der Waals surface area contributed by atoms with Gasteiger partial charge in [0.1, 0.15) is 6.04 Å². The van der Waals surface area contributed by atoms with Crippen LogP contribution in [0.1, 0.15) is 12.6 Å². The normalized spacial score (nSPS) is 11.8. The molecule has 0 aliphatic heterocycles. The molecule has 1 aromatic heterocycles. The zero-order valence-corrected chi connectivity index (χ0v) is 7.86. The molecule has 1 aromatic rings. The first-order valence-corrected chi connectivity index (χ1v) is 4.27. The third-order valence-electron chi connectivity index (χ3n) is 1.66. The monoisotopic (exact) mass is 191 g/mol. The van der Waals surface area contributed by atoms with Gasteiger partial charge in [-0.15, -0.1) is 0 Å². The number of aromatic nitrogens is 1. The molecule has 0 spiro atoms. The Balaban J connectivity index is 2.57. The van der Waals surface area contributed by atoms with Crippen molar-refractivity contribution in [3.05, 3.63) is 30.1 Å². The smallest absolute Gasteiger partial charge is 0.223 e. The van der Waals surface area contributed by atoms with Crippen molar-refractivity contribution >= 4 is 12.2 Å². The number of carbonyl (C=O) groups excluding carboxylic acids is 2. The maximum atomic E-state index is 10.7. The van der Waals surface area contributed by atoms with Gasteiger partial charge in [-0.2, -0.15) is 0 Å². The van der Waals surface area contributed by atoms with Crippen LogP contribution in [0.3, 0.4) is 0 Å². The van der Waals surface area contributed by atoms with Gasteiger partial charge in [0.05, 0.1) is 0 Å². The molecular weight excluding hydrogens is 180 g/mol. The van der Waals surface area contributed by atoms with Crippen molar-refractivity contribution in [1.29, 1.82) is 0 Å². The first kappa shape index (κ1) is 10.4. The molecule has 1 amide bonds. The average Bonchev–Trinajstić information content (AvgIpc) is 2.17. The van der Waals surface area contributed by atoms with Gasteiger partial charge in [0.25, 0.3) is 0 Å². The van der Waals surface area contributed by atoms with Crippen LogP contribution >= 0.6 is 0 Å². The van der Waals surface area contributed by atoms with E-state index in [0.29, 0.717) is 6.42 Å². The van der Waals surface area contributed by atoms with E-state index in [-0.39, 0.29) is 5.91 Å². The summed E-state index contributed by atoms with van der Waals surface area (Å²) in [6, 6.07) is 4.81. The second kappa shape index (κ2) is 5.11. The van der Waals surface area contributed by atoms with Crippen LogP contribution in [0.25, 0.3) is 0 Å². The third-order valence-corrected chi connectivity index (χ3v) is 1.66. The van der Waals surface area contributed by atoms with Crippen LogP contribution in [0.4, 0.5) is 0 Å². The van der Waals surface area contributed by atoms with Gasteiger partial charge in [0.2, 0.25) is 12.2 Å². The van der Waals surface area contributed by atoms with E-state index in [2.05, 4.69) is 10.3 Å². The molecule has 1 radical (unpaired) electrons. The van der Waals surface area contributed by atoms with Crippen LogP contribution in [-0.2, 0) is 16.0 Å². The number of rotatable bonds is 4. The molecule has 0 fully saturated rings. The van der Waals surface area contributed by atoms with Crippen molar-refractivity contribution in [3.8, 4) is 0 Å². The number of hydrogen-bond acceptors (Lipinski definition) is 3. The Hall–Kier alpha value is -1.71. The van der Waals surface area contributed by atoms with Crippen molar-refractivity contribution in [2.24, 2.45) is 0 Å². The minimum absolute atomic E-state index is 0.241. The van der Waals surface area contributed by atoms with Crippen molar-refractivity contribution in [2.45, 2.75) is 19.4 Å². The number of nitrogens with zero attached hydrogens (tertiary/aromatic N) is 1. The van der Waals surface area contributed by atoms with Crippen molar-refractivity contribution < 1.29 is 9.59 Å². The van der Waals surface area contributed by atoms with Gasteiger partial charge in [-0.25, -0.2) is 0 Å². The predicted molar refractivity (Wildman–Crippen MR) is 51.2 cm³/mol. The summed E-state index contributed by atoms with van der Waals surface area (Å²) in [6.07, 6.45) is 3.78. The molecule has 4 heteroatoms. The van der Waals surface area contributed by atoms with Crippen LogP contribution in [0.2, 0.25) is 0 Å². The Morgan fingerprint density at radius 2 is 2.43 bits per heavy atom. The van der Waals surface area contributed by atoms with E-state index in [1.807, 2.05) is 6.07 Å². The first-order valence-electron chi connectivity index (χ1n) is 4.27. The molecule has 1 rings (SSSR count). The van der Waals surface area contributed by atoms with E-state index in [9.17, 15) is 9.59 Å². The van der Waals surface area contributed by atoms with Gasteiger partial charge in [0, 0.05) is 25.2 Å². The molecule has 1 N–H and O–H groups in total. The molecule has 0 unspecified atom stereocenters. The van der Waals surface area contributed by atoms with Crippen molar-refractivity contribution in [1.82, 2.24) is 10.3 Å². The first-order chi connectivity index (χ1) is 6.72. The molecule has 0 aromatic carbocycles. The predicted octanol–water partition coefficient (Wildman–Crippen LogP) is 0.238. The third kappa shape index (κ3) is 3.35. The number of hydrogen-bond donors (Lipinski definition) is 1. The molecule has 0 bridgehead atoms. The SMILES string of the molecule is CC(=O)N[C@H]([C]=O)Cc1ccccn1. The lowest BCUT2D eigenvalue weighted by Gasteiger charge is -2.08. The summed E-state index contributed by atoms with van der Waals surface area (Å²) in [5.74, 6) is -0.241. The molecule has 0 aliphatic rings. The minimum Gasteiger partial charge on any atom is -0.346 e. The molecule has 0 saturated heterocycles. The summed E-state index contributed by atoms with van der Waals surface area (Å²) in [7, 11) is 0. The van der Waals surface area contributed by atoms with Crippen LogP contribution in [0, 0.1) is 0 Å². The fourth-order valence-electron chi connectivity index (χ4n) is 1.10. The van der Waals surface area contributed by atoms with E-state index in [4.69, 9.17) is 0 Å². The second-order valence-electron chi connectivity index (χ2n) is 2.90. The number of amides is 1. The molecule has 0 saturated carbocycles. The van der Waals surface area contributed by atoms with Gasteiger partial charge in [0.15, 0.2) is 0 Å². The van der Waals surface area contributed by atoms with E-state index >= 15 is 0 Å². The van der Waals surface area contributed by atoms with E-state index in [1.54, 1.807) is 24.6 Å². The molecule has 73 valence electrons. The quantitative estimate of drug-likeness (QED) is 0.741. The highest BCUT2D eigenvalue weighted by Crippen LogP contribution is 1.97. The van der Waals surface area contributed by atoms with Crippen LogP contribution in [0.15, 0.2) is 24.4 Å². The van der Waals surface area contributed by atoms with Crippen LogP contribution in [0.5, 0.6) is 0 Å². The van der Waals surface area contributed by atoms with Crippen molar-refractivity contribution in [3.63, 3.8) is 0 Å². The highest BCUT2D eigenvalue weighted by atomic mass is 16.2. The molecule has 0 aliphatic carbocycles. The highest BCUT2D eigenvalue weighted by molar-refractivity contribution is 5.77. The Morgan fingerprint density at radius 1 is 1.64 bits per heavy atom. The Labute approximate surface area is 82.3 Å². The van der Waals surface area contributed by atoms with E-state index < -0.39 is 6.04 Å². The summed E-state index contributed by atoms with van der Waals surface area (Å²) >= 11 is 0. The lowest BCUT2D eigenvalue weighted by Crippen LogP contribution is -2.36. The number of pyridine rings is 1. The molecular formula is C10H11N2O2. The second-order valence-corrected chi connectivity index (χ2v) is 2.90. The minimum atomic E-state index is -0.609. The molecule has 1 heterocycles. The lowest BCUT2D eigenvalue weighted by atomic mass is 10.1. The zero-order valence-electron chi connectivity index (χ0n) is 7.86. The lowest BCUT2D eigenvalue weighted by molar-refractivity contribution is -0.119. The molecule has 4 nitrogen and oxygen atoms in total. The van der Waals surface area contributed by atoms with Crippen molar-refractivity contribution in [2.75, 3.05) is 0 Å². The largest absolute Gasteiger partial charge is 0.346 e. The average molecular weight is 191 g/mol. The van der Waals surface area contributed by atoms with Crippen LogP contribution < -0.4 is 5.32 Å². The summed E-state index contributed by atoms with van der Waals surface area (Å²) in [5.41, 5.74) is 0.759. The number of carbonyl (C=O) groups is 1. The van der Waals surface area contributed by atoms with Gasteiger partial charge in [-0.1, -0.05) is 6.07 Å². The van der Waals surface area contributed by atoms with Crippen LogP contribution in [-0.4, -0.2) is 23.2 Å². The van der Waals surface area contributed by atoms with Gasteiger partial charge in [-0.05, 0) is 12.1 Å². The van der Waals surface area contributed by atoms with Gasteiger partial charge in [-0.3, -0.25) is 14.6 Å². The maximum Gasteiger partial charge on any atom is 0.223 e. The molecule has 14 heavy (non-hydrogen) atoms. The molecule has 1 atom stereocenters. The van der Waals surface area contributed by atoms with E-state index in [0.717, 1.165) is 5.69 Å². The summed E-state index contributed by atoms with van der Waals surface area (Å²) < 4.78 is 0. The number of nitrogens with one attached hydrogen (secondary N) is 1. The Morgan fingerprint density at radius 3 is 2.93 bits per heavy atom. The van der Waals surface area contributed by atoms with Gasteiger partial charge >= 0.3 is 0 Å². The topological polar surface area (TPSA) is 59.1 Å². The summed E-state index contributed by atoms with van der Waals surface area (Å²) in [6.45, 7) is 1.36. The standard InChI is InChI=1S/C10H11N2O2/c1-8(14)12-10(7-13)6-9-4-2-3-5-11-9/h2-5,10H,6H2,1H3,(H,12,14)/t10-/m0/s1.